The summed E-state index contributed by atoms with van der Waals surface area (Å²) in [7, 11) is 1.74. The Labute approximate surface area is 153 Å². The molecule has 130 valence electrons. The Kier molecular flexibility index (Phi) is 4.48. The van der Waals surface area contributed by atoms with Gasteiger partial charge in [-0.25, -0.2) is 4.98 Å². The average Bonchev–Trinajstić information content (AvgIpc) is 3.03. The summed E-state index contributed by atoms with van der Waals surface area (Å²) in [6.07, 6.45) is 2.16. The standard InChI is InChI=1S/C21H24N2OS/c1-14-10-18-11-19(24-3)6-4-16(18)8-9-23(14)15(2)17-5-7-21-20(12-17)22-13-25-21/h4-7,11-15H,8-10H2,1-3H3/t14-,15+/m1/s1. The van der Waals surface area contributed by atoms with Crippen LogP contribution in [0.25, 0.3) is 10.2 Å². The summed E-state index contributed by atoms with van der Waals surface area (Å²) in [6, 6.07) is 14.1. The molecule has 0 aliphatic carbocycles. The second-order valence-corrected chi connectivity index (χ2v) is 7.82. The molecule has 0 bridgehead atoms. The SMILES string of the molecule is COc1ccc2c(c1)C[C@@H](C)N([C@@H](C)c1ccc3scnc3c1)CC2. The molecule has 4 heteroatoms. The molecule has 25 heavy (non-hydrogen) atoms. The number of hydrogen-bond acceptors (Lipinski definition) is 4. The third kappa shape index (κ3) is 3.16. The first kappa shape index (κ1) is 16.6. The van der Waals surface area contributed by atoms with Crippen LogP contribution < -0.4 is 4.74 Å². The highest BCUT2D eigenvalue weighted by Crippen LogP contribution is 2.31. The third-order valence-electron chi connectivity index (χ3n) is 5.47. The van der Waals surface area contributed by atoms with Crippen LogP contribution in [-0.2, 0) is 12.8 Å². The van der Waals surface area contributed by atoms with Crippen LogP contribution in [0.2, 0.25) is 0 Å². The highest BCUT2D eigenvalue weighted by molar-refractivity contribution is 7.16. The lowest BCUT2D eigenvalue weighted by molar-refractivity contribution is 0.160. The molecule has 3 aromatic rings. The number of nitrogens with zero attached hydrogens (tertiary/aromatic N) is 2. The van der Waals surface area contributed by atoms with Gasteiger partial charge < -0.3 is 4.74 Å². The predicted octanol–water partition coefficient (Wildman–Crippen LogP) is 4.86. The number of hydrogen-bond donors (Lipinski definition) is 0. The minimum absolute atomic E-state index is 0.386. The van der Waals surface area contributed by atoms with Gasteiger partial charge in [0.25, 0.3) is 0 Å². The van der Waals surface area contributed by atoms with Gasteiger partial charge in [0, 0.05) is 18.6 Å². The van der Waals surface area contributed by atoms with Crippen molar-refractivity contribution < 1.29 is 4.74 Å². The molecule has 1 aromatic heterocycles. The van der Waals surface area contributed by atoms with Gasteiger partial charge in [-0.15, -0.1) is 11.3 Å². The first-order valence-electron chi connectivity index (χ1n) is 8.90. The van der Waals surface area contributed by atoms with Crippen molar-refractivity contribution >= 4 is 21.6 Å². The molecule has 0 unspecified atom stereocenters. The molecule has 0 spiro atoms. The molecule has 4 rings (SSSR count). The summed E-state index contributed by atoms with van der Waals surface area (Å²) in [5.41, 5.74) is 7.28. The molecule has 0 fully saturated rings. The fraction of sp³-hybridized carbons (Fsp3) is 0.381. The number of fused-ring (bicyclic) bond motifs is 2. The molecule has 2 atom stereocenters. The summed E-state index contributed by atoms with van der Waals surface area (Å²) in [5.74, 6) is 0.960. The van der Waals surface area contributed by atoms with Crippen molar-refractivity contribution in [1.29, 1.82) is 0 Å². The van der Waals surface area contributed by atoms with Gasteiger partial charge in [-0.1, -0.05) is 12.1 Å². The quantitative estimate of drug-likeness (QED) is 0.673. The largest absolute Gasteiger partial charge is 0.497 e. The zero-order chi connectivity index (χ0) is 17.4. The van der Waals surface area contributed by atoms with Crippen LogP contribution in [0.1, 0.15) is 36.6 Å². The predicted molar refractivity (Wildman–Crippen MR) is 105 cm³/mol. The monoisotopic (exact) mass is 352 g/mol. The van der Waals surface area contributed by atoms with Crippen molar-refractivity contribution in [2.24, 2.45) is 0 Å². The minimum atomic E-state index is 0.386. The lowest BCUT2D eigenvalue weighted by Gasteiger charge is -2.33. The van der Waals surface area contributed by atoms with Gasteiger partial charge in [0.15, 0.2) is 0 Å². The normalized spacial score (nSPS) is 19.4. The summed E-state index contributed by atoms with van der Waals surface area (Å²) in [4.78, 5) is 7.11. The minimum Gasteiger partial charge on any atom is -0.497 e. The molecule has 0 amide bonds. The van der Waals surface area contributed by atoms with E-state index in [1.165, 1.54) is 21.4 Å². The molecular formula is C21H24N2OS. The molecule has 1 aliphatic heterocycles. The molecule has 0 N–H and O–H groups in total. The van der Waals surface area contributed by atoms with Crippen molar-refractivity contribution in [2.75, 3.05) is 13.7 Å². The summed E-state index contributed by atoms with van der Waals surface area (Å²) in [6.45, 7) is 5.74. The Bertz CT molecular complexity index is 888. The summed E-state index contributed by atoms with van der Waals surface area (Å²) < 4.78 is 6.68. The Morgan fingerprint density at radius 3 is 2.92 bits per heavy atom. The zero-order valence-electron chi connectivity index (χ0n) is 15.0. The first-order valence-corrected chi connectivity index (χ1v) is 9.78. The number of methoxy groups -OCH3 is 1. The van der Waals surface area contributed by atoms with Gasteiger partial charge >= 0.3 is 0 Å². The highest BCUT2D eigenvalue weighted by Gasteiger charge is 2.25. The number of benzene rings is 2. The molecule has 0 saturated carbocycles. The Morgan fingerprint density at radius 2 is 2.08 bits per heavy atom. The smallest absolute Gasteiger partial charge is 0.119 e. The molecule has 2 heterocycles. The maximum atomic E-state index is 5.41. The van der Waals surface area contributed by atoms with Crippen LogP contribution in [0.3, 0.4) is 0 Å². The van der Waals surface area contributed by atoms with Crippen LogP contribution in [-0.4, -0.2) is 29.6 Å². The van der Waals surface area contributed by atoms with Gasteiger partial charge in [0.05, 0.1) is 22.8 Å². The van der Waals surface area contributed by atoms with E-state index in [9.17, 15) is 0 Å². The van der Waals surface area contributed by atoms with Crippen LogP contribution in [0.15, 0.2) is 41.9 Å². The van der Waals surface area contributed by atoms with Crippen LogP contribution in [0.4, 0.5) is 0 Å². The molecule has 0 saturated heterocycles. The van der Waals surface area contributed by atoms with Crippen LogP contribution in [0, 0.1) is 0 Å². The van der Waals surface area contributed by atoms with E-state index in [0.29, 0.717) is 12.1 Å². The Morgan fingerprint density at radius 1 is 1.20 bits per heavy atom. The maximum absolute atomic E-state index is 5.41. The second kappa shape index (κ2) is 6.77. The highest BCUT2D eigenvalue weighted by atomic mass is 32.1. The number of thiazole rings is 1. The van der Waals surface area contributed by atoms with Crippen molar-refractivity contribution in [3.8, 4) is 5.75 Å². The lowest BCUT2D eigenvalue weighted by atomic mass is 10.00. The zero-order valence-corrected chi connectivity index (χ0v) is 15.8. The molecule has 0 radical (unpaired) electrons. The van der Waals surface area contributed by atoms with E-state index >= 15 is 0 Å². The number of aromatic nitrogens is 1. The van der Waals surface area contributed by atoms with Crippen molar-refractivity contribution in [1.82, 2.24) is 9.88 Å². The second-order valence-electron chi connectivity index (χ2n) is 6.93. The molecule has 1 aliphatic rings. The van der Waals surface area contributed by atoms with E-state index in [-0.39, 0.29) is 0 Å². The van der Waals surface area contributed by atoms with Crippen molar-refractivity contribution in [3.63, 3.8) is 0 Å². The average molecular weight is 353 g/mol. The number of rotatable bonds is 3. The van der Waals surface area contributed by atoms with E-state index in [1.807, 2.05) is 5.51 Å². The fourth-order valence-corrected chi connectivity index (χ4v) is 4.63. The maximum Gasteiger partial charge on any atom is 0.119 e. The van der Waals surface area contributed by atoms with Crippen molar-refractivity contribution in [3.05, 3.63) is 58.6 Å². The lowest BCUT2D eigenvalue weighted by Crippen LogP contribution is -2.36. The van der Waals surface area contributed by atoms with Gasteiger partial charge in [0.1, 0.15) is 5.75 Å². The van der Waals surface area contributed by atoms with E-state index in [1.54, 1.807) is 18.4 Å². The Balaban J connectivity index is 1.60. The molecule has 2 aromatic carbocycles. The van der Waals surface area contributed by atoms with E-state index in [4.69, 9.17) is 4.74 Å². The fourth-order valence-electron chi connectivity index (χ4n) is 3.97. The van der Waals surface area contributed by atoms with Gasteiger partial charge in [0.2, 0.25) is 0 Å². The van der Waals surface area contributed by atoms with E-state index in [2.05, 4.69) is 60.1 Å². The Hall–Kier alpha value is -1.91. The van der Waals surface area contributed by atoms with Crippen LogP contribution >= 0.6 is 11.3 Å². The summed E-state index contributed by atoms with van der Waals surface area (Å²) in [5, 5.41) is 0. The van der Waals surface area contributed by atoms with Gasteiger partial charge in [-0.05, 0) is 67.6 Å². The molecular weight excluding hydrogens is 328 g/mol. The van der Waals surface area contributed by atoms with Gasteiger partial charge in [-0.3, -0.25) is 4.90 Å². The van der Waals surface area contributed by atoms with Crippen LogP contribution in [0.5, 0.6) is 5.75 Å². The van der Waals surface area contributed by atoms with E-state index in [0.717, 1.165) is 30.7 Å². The molecule has 3 nitrogen and oxygen atoms in total. The topological polar surface area (TPSA) is 25.4 Å². The van der Waals surface area contributed by atoms with Crippen molar-refractivity contribution in [2.45, 2.75) is 38.8 Å². The van der Waals surface area contributed by atoms with Gasteiger partial charge in [-0.2, -0.15) is 0 Å². The third-order valence-corrected chi connectivity index (χ3v) is 6.28. The summed E-state index contributed by atoms with van der Waals surface area (Å²) >= 11 is 1.71. The first-order chi connectivity index (χ1) is 12.2. The number of ether oxygens (including phenoxy) is 1. The van der Waals surface area contributed by atoms with E-state index < -0.39 is 0 Å².